The molecule has 2 rings (SSSR count). The molecule has 1 atom stereocenters. The summed E-state index contributed by atoms with van der Waals surface area (Å²) < 4.78 is 0. The zero-order valence-corrected chi connectivity index (χ0v) is 8.43. The second kappa shape index (κ2) is 2.24. The predicted molar refractivity (Wildman–Crippen MR) is 51.0 cm³/mol. The van der Waals surface area contributed by atoms with Gasteiger partial charge in [0.15, 0.2) is 0 Å². The van der Waals surface area contributed by atoms with Crippen molar-refractivity contribution in [1.29, 1.82) is 0 Å². The summed E-state index contributed by atoms with van der Waals surface area (Å²) in [5.74, 6) is 0. The molecular formula is C10H20N2. The average Bonchev–Trinajstić information content (AvgIpc) is 1.78. The molecule has 0 aromatic carbocycles. The van der Waals surface area contributed by atoms with Crippen LogP contribution in [0.3, 0.4) is 0 Å². The second-order valence-electron chi connectivity index (χ2n) is 5.53. The van der Waals surface area contributed by atoms with Crippen LogP contribution in [0.15, 0.2) is 0 Å². The smallest absolute Gasteiger partial charge is 0.0125 e. The Kier molecular flexibility index (Phi) is 1.59. The summed E-state index contributed by atoms with van der Waals surface area (Å²) in [5.41, 5.74) is 6.88. The lowest BCUT2D eigenvalue weighted by molar-refractivity contribution is -0.117. The van der Waals surface area contributed by atoms with Crippen LogP contribution in [0.5, 0.6) is 0 Å². The highest BCUT2D eigenvalue weighted by Gasteiger charge is 2.54. The Morgan fingerprint density at radius 1 is 1.33 bits per heavy atom. The summed E-state index contributed by atoms with van der Waals surface area (Å²) in [5, 5.41) is 0. The summed E-state index contributed by atoms with van der Waals surface area (Å²) in [6.45, 7) is 9.31. The van der Waals surface area contributed by atoms with E-state index >= 15 is 0 Å². The first-order chi connectivity index (χ1) is 5.44. The van der Waals surface area contributed by atoms with Gasteiger partial charge in [-0.15, -0.1) is 0 Å². The normalized spacial score (nSPS) is 34.5. The van der Waals surface area contributed by atoms with Crippen molar-refractivity contribution in [3.8, 4) is 0 Å². The minimum Gasteiger partial charge on any atom is -0.327 e. The Morgan fingerprint density at radius 3 is 2.17 bits per heavy atom. The topological polar surface area (TPSA) is 29.3 Å². The molecule has 0 unspecified atom stereocenters. The van der Waals surface area contributed by atoms with E-state index in [-0.39, 0.29) is 0 Å². The lowest BCUT2D eigenvalue weighted by Crippen LogP contribution is -2.72. The maximum atomic E-state index is 6.00. The van der Waals surface area contributed by atoms with Crippen LogP contribution in [0.1, 0.15) is 33.6 Å². The van der Waals surface area contributed by atoms with Crippen LogP contribution in [0.25, 0.3) is 0 Å². The lowest BCUT2D eigenvalue weighted by atomic mass is 9.59. The third-order valence-corrected chi connectivity index (χ3v) is 3.70. The minimum absolute atomic E-state index is 0.348. The highest BCUT2D eigenvalue weighted by Crippen LogP contribution is 2.49. The Balaban J connectivity index is 1.91. The summed E-state index contributed by atoms with van der Waals surface area (Å²) in [6.07, 6.45) is 2.61. The van der Waals surface area contributed by atoms with Crippen molar-refractivity contribution in [2.45, 2.75) is 45.2 Å². The van der Waals surface area contributed by atoms with Crippen molar-refractivity contribution < 1.29 is 0 Å². The first-order valence-corrected chi connectivity index (χ1v) is 4.95. The fourth-order valence-electron chi connectivity index (χ4n) is 2.30. The summed E-state index contributed by atoms with van der Waals surface area (Å²) in [6, 6.07) is 0.496. The van der Waals surface area contributed by atoms with E-state index in [0.29, 0.717) is 17.0 Å². The molecule has 2 N–H and O–H groups in total. The summed E-state index contributed by atoms with van der Waals surface area (Å²) >= 11 is 0. The van der Waals surface area contributed by atoms with Crippen molar-refractivity contribution in [3.63, 3.8) is 0 Å². The Morgan fingerprint density at radius 2 is 1.92 bits per heavy atom. The fraction of sp³-hybridized carbons (Fsp3) is 1.00. The van der Waals surface area contributed by atoms with Crippen LogP contribution < -0.4 is 5.73 Å². The number of rotatable bonds is 0. The maximum Gasteiger partial charge on any atom is 0.0125 e. The number of nitrogens with zero attached hydrogens (tertiary/aromatic N) is 1. The van der Waals surface area contributed by atoms with Gasteiger partial charge < -0.3 is 5.73 Å². The highest BCUT2D eigenvalue weighted by atomic mass is 15.3. The molecule has 0 aromatic rings. The number of nitrogens with two attached hydrogens (primary N) is 1. The van der Waals surface area contributed by atoms with Gasteiger partial charge in [0.25, 0.3) is 0 Å². The summed E-state index contributed by atoms with van der Waals surface area (Å²) in [7, 11) is 0. The van der Waals surface area contributed by atoms with Crippen molar-refractivity contribution >= 4 is 0 Å². The van der Waals surface area contributed by atoms with E-state index in [1.807, 2.05) is 0 Å². The maximum absolute atomic E-state index is 6.00. The molecule has 2 aliphatic rings. The van der Waals surface area contributed by atoms with E-state index in [1.54, 1.807) is 0 Å². The van der Waals surface area contributed by atoms with Crippen LogP contribution in [0.4, 0.5) is 0 Å². The van der Waals surface area contributed by atoms with E-state index in [4.69, 9.17) is 5.73 Å². The van der Waals surface area contributed by atoms with Gasteiger partial charge in [-0.3, -0.25) is 4.90 Å². The third kappa shape index (κ3) is 1.01. The van der Waals surface area contributed by atoms with Gasteiger partial charge in [0.05, 0.1) is 0 Å². The second-order valence-corrected chi connectivity index (χ2v) is 5.53. The number of hydrogen-bond donors (Lipinski definition) is 1. The molecule has 2 heteroatoms. The molecule has 70 valence electrons. The van der Waals surface area contributed by atoms with Gasteiger partial charge in [-0.05, 0) is 33.6 Å². The molecule has 0 bridgehead atoms. The molecular weight excluding hydrogens is 148 g/mol. The average molecular weight is 168 g/mol. The lowest BCUT2D eigenvalue weighted by Gasteiger charge is -2.63. The molecule has 1 saturated carbocycles. The van der Waals surface area contributed by atoms with Crippen molar-refractivity contribution in [2.24, 2.45) is 11.1 Å². The number of likely N-dealkylation sites (tertiary alicyclic amines) is 1. The van der Waals surface area contributed by atoms with E-state index < -0.39 is 0 Å². The van der Waals surface area contributed by atoms with E-state index in [0.717, 1.165) is 0 Å². The van der Waals surface area contributed by atoms with Crippen molar-refractivity contribution in [3.05, 3.63) is 0 Å². The van der Waals surface area contributed by atoms with Gasteiger partial charge in [0.1, 0.15) is 0 Å². The molecule has 1 heterocycles. The standard InChI is InChI=1S/C10H20N2/c1-9(2,3)12-6-10(7-12)5-4-8(10)11/h8H,4-7,11H2,1-3H3/t8-/m0/s1. The Hall–Kier alpha value is -0.0800. The van der Waals surface area contributed by atoms with E-state index in [9.17, 15) is 0 Å². The van der Waals surface area contributed by atoms with Gasteiger partial charge in [-0.1, -0.05) is 0 Å². The SMILES string of the molecule is CC(C)(C)N1CC2(CC[C@@H]2N)C1. The molecule has 0 amide bonds. The first kappa shape index (κ1) is 8.52. The predicted octanol–water partition coefficient (Wildman–Crippen LogP) is 1.21. The third-order valence-electron chi connectivity index (χ3n) is 3.70. The van der Waals surface area contributed by atoms with Gasteiger partial charge in [0.2, 0.25) is 0 Å². The zero-order chi connectivity index (χ0) is 8.98. The van der Waals surface area contributed by atoms with E-state index in [2.05, 4.69) is 25.7 Å². The highest BCUT2D eigenvalue weighted by molar-refractivity contribution is 5.10. The first-order valence-electron chi connectivity index (χ1n) is 4.95. The molecule has 1 saturated heterocycles. The van der Waals surface area contributed by atoms with Gasteiger partial charge >= 0.3 is 0 Å². The molecule has 1 aliphatic carbocycles. The molecule has 2 nitrogen and oxygen atoms in total. The monoisotopic (exact) mass is 168 g/mol. The molecule has 0 radical (unpaired) electrons. The van der Waals surface area contributed by atoms with Crippen LogP contribution in [-0.2, 0) is 0 Å². The summed E-state index contributed by atoms with van der Waals surface area (Å²) in [4.78, 5) is 2.53. The zero-order valence-electron chi connectivity index (χ0n) is 8.43. The fourth-order valence-corrected chi connectivity index (χ4v) is 2.30. The molecule has 1 aliphatic heterocycles. The van der Waals surface area contributed by atoms with Crippen LogP contribution in [0.2, 0.25) is 0 Å². The minimum atomic E-state index is 0.348. The molecule has 2 fully saturated rings. The molecule has 0 aromatic heterocycles. The van der Waals surface area contributed by atoms with Gasteiger partial charge in [-0.25, -0.2) is 0 Å². The quantitative estimate of drug-likeness (QED) is 0.589. The van der Waals surface area contributed by atoms with Crippen molar-refractivity contribution in [2.75, 3.05) is 13.1 Å². The largest absolute Gasteiger partial charge is 0.327 e. The van der Waals surface area contributed by atoms with Gasteiger partial charge in [0, 0.05) is 30.1 Å². The van der Waals surface area contributed by atoms with E-state index in [1.165, 1.54) is 25.9 Å². The molecule has 12 heavy (non-hydrogen) atoms. The number of hydrogen-bond acceptors (Lipinski definition) is 2. The van der Waals surface area contributed by atoms with Gasteiger partial charge in [-0.2, -0.15) is 0 Å². The Bertz CT molecular complexity index is 187. The van der Waals surface area contributed by atoms with Crippen LogP contribution in [0, 0.1) is 5.41 Å². The van der Waals surface area contributed by atoms with Crippen LogP contribution >= 0.6 is 0 Å². The van der Waals surface area contributed by atoms with Crippen molar-refractivity contribution in [1.82, 2.24) is 4.90 Å². The Labute approximate surface area is 75.1 Å². The molecule has 1 spiro atoms. The van der Waals surface area contributed by atoms with Crippen LogP contribution in [-0.4, -0.2) is 29.6 Å².